The summed E-state index contributed by atoms with van der Waals surface area (Å²) in [7, 11) is 1.58. The van der Waals surface area contributed by atoms with Gasteiger partial charge in [0.25, 0.3) is 0 Å². The highest BCUT2D eigenvalue weighted by atomic mass is 16.5. The molecule has 3 fully saturated rings. The first-order valence-corrected chi connectivity index (χ1v) is 10.9. The molecule has 1 N–H and O–H groups in total. The number of rotatable bonds is 6. The molecule has 5 atom stereocenters. The van der Waals surface area contributed by atoms with Gasteiger partial charge in [0.1, 0.15) is 11.8 Å². The van der Waals surface area contributed by atoms with Crippen molar-refractivity contribution in [2.24, 2.45) is 23.7 Å². The average Bonchev–Trinajstić information content (AvgIpc) is 3.47. The topological polar surface area (TPSA) is 75.7 Å². The Morgan fingerprint density at radius 1 is 1.00 bits per heavy atom. The maximum Gasteiger partial charge on any atom is 0.248 e. The molecule has 1 aliphatic heterocycles. The van der Waals surface area contributed by atoms with E-state index in [1.807, 2.05) is 30.3 Å². The molecular formula is C25H26N2O4. The minimum absolute atomic E-state index is 0.159. The summed E-state index contributed by atoms with van der Waals surface area (Å²) in [5.41, 5.74) is 1.52. The standard InChI is InChI=1S/C25H26N2O4/c1-31-19-11-9-18(10-12-19)26-23(28)20(13-15-5-3-2-4-6-15)27-24(29)21-16-7-8-17(14-16)22(21)25(27)30/h2-6,9-12,16-17,20-22H,7-8,13-14H2,1H3,(H,26,28)/t16-,17+,20-,21-,22+/m0/s1. The van der Waals surface area contributed by atoms with Crippen LogP contribution < -0.4 is 10.1 Å². The SMILES string of the molecule is COc1ccc(NC(=O)[C@H](Cc2ccccc2)N2C(=O)[C@@H]3[C@@H]4CC[C@@H](C4)[C@@H]3C2=O)cc1. The van der Waals surface area contributed by atoms with Gasteiger partial charge in [-0.15, -0.1) is 0 Å². The third-order valence-electron chi connectivity index (χ3n) is 7.21. The van der Waals surface area contributed by atoms with Crippen LogP contribution in [-0.2, 0) is 20.8 Å². The third kappa shape index (κ3) is 3.40. The van der Waals surface area contributed by atoms with E-state index in [2.05, 4.69) is 5.32 Å². The Morgan fingerprint density at radius 2 is 1.61 bits per heavy atom. The minimum Gasteiger partial charge on any atom is -0.497 e. The molecule has 2 aromatic carbocycles. The van der Waals surface area contributed by atoms with Crippen LogP contribution in [0.1, 0.15) is 24.8 Å². The Balaban J connectivity index is 1.43. The Kier molecular flexibility index (Phi) is 5.00. The van der Waals surface area contributed by atoms with E-state index in [4.69, 9.17) is 4.74 Å². The first-order valence-electron chi connectivity index (χ1n) is 10.9. The van der Waals surface area contributed by atoms with Crippen molar-refractivity contribution in [1.82, 2.24) is 4.90 Å². The van der Waals surface area contributed by atoms with Crippen LogP contribution in [0.3, 0.4) is 0 Å². The molecule has 3 amide bonds. The number of carbonyl (C=O) groups excluding carboxylic acids is 3. The molecule has 2 bridgehead atoms. The van der Waals surface area contributed by atoms with Gasteiger partial charge in [-0.25, -0.2) is 0 Å². The summed E-state index contributed by atoms with van der Waals surface area (Å²) in [5, 5.41) is 2.89. The highest BCUT2D eigenvalue weighted by Gasteiger charge is 2.62. The molecule has 2 saturated carbocycles. The van der Waals surface area contributed by atoms with Crippen LogP contribution in [0, 0.1) is 23.7 Å². The van der Waals surface area contributed by atoms with E-state index in [9.17, 15) is 14.4 Å². The number of likely N-dealkylation sites (tertiary alicyclic amines) is 1. The van der Waals surface area contributed by atoms with E-state index >= 15 is 0 Å². The number of methoxy groups -OCH3 is 1. The van der Waals surface area contributed by atoms with Crippen LogP contribution in [0.4, 0.5) is 5.69 Å². The maximum atomic E-state index is 13.4. The van der Waals surface area contributed by atoms with Gasteiger partial charge in [0, 0.05) is 12.1 Å². The summed E-state index contributed by atoms with van der Waals surface area (Å²) in [5.74, 6) is 0.129. The second-order valence-corrected chi connectivity index (χ2v) is 8.85. The van der Waals surface area contributed by atoms with E-state index in [1.165, 1.54) is 4.90 Å². The Bertz CT molecular complexity index is 976. The zero-order valence-electron chi connectivity index (χ0n) is 17.5. The van der Waals surface area contributed by atoms with Crippen LogP contribution in [0.25, 0.3) is 0 Å². The molecule has 6 heteroatoms. The summed E-state index contributed by atoms with van der Waals surface area (Å²) in [6, 6.07) is 15.7. The minimum atomic E-state index is -0.866. The lowest BCUT2D eigenvalue weighted by atomic mass is 9.81. The zero-order valence-corrected chi connectivity index (χ0v) is 17.5. The Morgan fingerprint density at radius 3 is 2.19 bits per heavy atom. The number of nitrogens with one attached hydrogen (secondary N) is 1. The fourth-order valence-corrected chi connectivity index (χ4v) is 5.78. The lowest BCUT2D eigenvalue weighted by molar-refractivity contribution is -0.147. The normalized spacial score (nSPS) is 27.3. The predicted octanol–water partition coefficient (Wildman–Crippen LogP) is 3.28. The number of imide groups is 1. The van der Waals surface area contributed by atoms with Crippen LogP contribution in [0.5, 0.6) is 5.75 Å². The van der Waals surface area contributed by atoms with Crippen molar-refractivity contribution in [1.29, 1.82) is 0 Å². The molecule has 2 aromatic rings. The zero-order chi connectivity index (χ0) is 21.5. The van der Waals surface area contributed by atoms with Crippen molar-refractivity contribution < 1.29 is 19.1 Å². The summed E-state index contributed by atoms with van der Waals surface area (Å²) in [6.07, 6.45) is 3.30. The lowest BCUT2D eigenvalue weighted by Gasteiger charge is -2.27. The number of benzene rings is 2. The molecule has 31 heavy (non-hydrogen) atoms. The molecule has 5 rings (SSSR count). The van der Waals surface area contributed by atoms with Gasteiger partial charge in [-0.2, -0.15) is 0 Å². The smallest absolute Gasteiger partial charge is 0.248 e. The number of ether oxygens (including phenoxy) is 1. The molecule has 0 radical (unpaired) electrons. The highest BCUT2D eigenvalue weighted by molar-refractivity contribution is 6.10. The highest BCUT2D eigenvalue weighted by Crippen LogP contribution is 2.56. The molecule has 0 spiro atoms. The molecule has 2 aliphatic carbocycles. The largest absolute Gasteiger partial charge is 0.497 e. The third-order valence-corrected chi connectivity index (χ3v) is 7.21. The number of hydrogen-bond acceptors (Lipinski definition) is 4. The van der Waals surface area contributed by atoms with E-state index in [-0.39, 0.29) is 29.6 Å². The van der Waals surface area contributed by atoms with E-state index in [0.717, 1.165) is 24.8 Å². The van der Waals surface area contributed by atoms with Crippen LogP contribution >= 0.6 is 0 Å². The van der Waals surface area contributed by atoms with Crippen molar-refractivity contribution in [3.63, 3.8) is 0 Å². The Hall–Kier alpha value is -3.15. The molecular weight excluding hydrogens is 392 g/mol. The number of carbonyl (C=O) groups is 3. The van der Waals surface area contributed by atoms with Crippen molar-refractivity contribution in [2.45, 2.75) is 31.7 Å². The molecule has 6 nitrogen and oxygen atoms in total. The van der Waals surface area contributed by atoms with Gasteiger partial charge in [-0.05, 0) is 60.9 Å². The second kappa shape index (κ2) is 7.84. The predicted molar refractivity (Wildman–Crippen MR) is 115 cm³/mol. The van der Waals surface area contributed by atoms with Gasteiger partial charge in [0.2, 0.25) is 17.7 Å². The summed E-state index contributed by atoms with van der Waals surface area (Å²) >= 11 is 0. The number of nitrogens with zero attached hydrogens (tertiary/aromatic N) is 1. The molecule has 0 unspecified atom stereocenters. The molecule has 1 saturated heterocycles. The first kappa shape index (κ1) is 19.8. The number of anilines is 1. The second-order valence-electron chi connectivity index (χ2n) is 8.85. The number of fused-ring (bicyclic) bond motifs is 5. The van der Waals surface area contributed by atoms with Crippen LogP contribution in [0.2, 0.25) is 0 Å². The van der Waals surface area contributed by atoms with Crippen molar-refractivity contribution in [3.8, 4) is 5.75 Å². The lowest BCUT2D eigenvalue weighted by Crippen LogP contribution is -2.49. The summed E-state index contributed by atoms with van der Waals surface area (Å²) in [6.45, 7) is 0. The van der Waals surface area contributed by atoms with Gasteiger partial charge in [-0.1, -0.05) is 30.3 Å². The Labute approximate surface area is 181 Å². The van der Waals surface area contributed by atoms with Crippen molar-refractivity contribution >= 4 is 23.4 Å². The van der Waals surface area contributed by atoms with Gasteiger partial charge >= 0.3 is 0 Å². The van der Waals surface area contributed by atoms with Gasteiger partial charge in [0.05, 0.1) is 18.9 Å². The summed E-state index contributed by atoms with van der Waals surface area (Å²) in [4.78, 5) is 41.4. The van der Waals surface area contributed by atoms with E-state index in [0.29, 0.717) is 29.7 Å². The maximum absolute atomic E-state index is 13.4. The molecule has 160 valence electrons. The van der Waals surface area contributed by atoms with Crippen molar-refractivity contribution in [2.75, 3.05) is 12.4 Å². The quantitative estimate of drug-likeness (QED) is 0.731. The number of hydrogen-bond donors (Lipinski definition) is 1. The van der Waals surface area contributed by atoms with E-state index in [1.54, 1.807) is 31.4 Å². The fraction of sp³-hybridized carbons (Fsp3) is 0.400. The molecule has 3 aliphatic rings. The van der Waals surface area contributed by atoms with Gasteiger partial charge in [0.15, 0.2) is 0 Å². The average molecular weight is 418 g/mol. The number of amides is 3. The van der Waals surface area contributed by atoms with E-state index < -0.39 is 6.04 Å². The van der Waals surface area contributed by atoms with Crippen LogP contribution in [-0.4, -0.2) is 35.8 Å². The summed E-state index contributed by atoms with van der Waals surface area (Å²) < 4.78 is 5.17. The van der Waals surface area contributed by atoms with Gasteiger partial charge in [-0.3, -0.25) is 19.3 Å². The van der Waals surface area contributed by atoms with Crippen LogP contribution in [0.15, 0.2) is 54.6 Å². The fourth-order valence-electron chi connectivity index (χ4n) is 5.78. The monoisotopic (exact) mass is 418 g/mol. The van der Waals surface area contributed by atoms with Gasteiger partial charge < -0.3 is 10.1 Å². The van der Waals surface area contributed by atoms with Crippen molar-refractivity contribution in [3.05, 3.63) is 60.2 Å². The first-order chi connectivity index (χ1) is 15.1. The molecule has 1 heterocycles. The molecule has 0 aromatic heterocycles.